The van der Waals surface area contributed by atoms with Gasteiger partial charge in [0.2, 0.25) is 11.8 Å². The first-order valence-corrected chi connectivity index (χ1v) is 10.1. The Morgan fingerprint density at radius 1 is 1.32 bits per heavy atom. The monoisotopic (exact) mass is 405 g/mol. The number of hydrogen-bond donors (Lipinski definition) is 2. The van der Waals surface area contributed by atoms with Gasteiger partial charge in [-0.1, -0.05) is 12.1 Å². The highest BCUT2D eigenvalue weighted by Crippen LogP contribution is 2.22. The molecule has 1 aliphatic rings. The first-order valence-electron chi connectivity index (χ1n) is 9.27. The average Bonchev–Trinajstić information content (AvgIpc) is 3.12. The van der Waals surface area contributed by atoms with Crippen LogP contribution in [0.3, 0.4) is 0 Å². The summed E-state index contributed by atoms with van der Waals surface area (Å²) in [7, 11) is 0. The highest BCUT2D eigenvalue weighted by atomic mass is 32.1. The largest absolute Gasteiger partial charge is 0.394 e. The highest BCUT2D eigenvalue weighted by Gasteiger charge is 2.33. The molecule has 8 nitrogen and oxygen atoms in total. The second kappa shape index (κ2) is 9.92. The molecule has 3 N–H and O–H groups in total. The van der Waals surface area contributed by atoms with E-state index in [1.165, 1.54) is 0 Å². The number of rotatable bonds is 9. The molecule has 1 unspecified atom stereocenters. The molecule has 28 heavy (non-hydrogen) atoms. The van der Waals surface area contributed by atoms with Crippen molar-refractivity contribution in [1.82, 2.24) is 14.8 Å². The summed E-state index contributed by atoms with van der Waals surface area (Å²) < 4.78 is 6.36. The predicted molar refractivity (Wildman–Crippen MR) is 107 cm³/mol. The fourth-order valence-electron chi connectivity index (χ4n) is 3.21. The highest BCUT2D eigenvalue weighted by molar-refractivity contribution is 7.18. The Balaban J connectivity index is 1.53. The quantitative estimate of drug-likeness (QED) is 0.571. The molecule has 2 heterocycles. The van der Waals surface area contributed by atoms with Gasteiger partial charge >= 0.3 is 0 Å². The van der Waals surface area contributed by atoms with E-state index in [2.05, 4.69) is 4.98 Å². The van der Waals surface area contributed by atoms with Crippen molar-refractivity contribution in [3.05, 3.63) is 35.7 Å². The van der Waals surface area contributed by atoms with Crippen LogP contribution in [0.25, 0.3) is 10.2 Å². The van der Waals surface area contributed by atoms with Crippen LogP contribution in [0.1, 0.15) is 5.01 Å². The molecule has 1 fully saturated rings. The van der Waals surface area contributed by atoms with Gasteiger partial charge in [-0.15, -0.1) is 11.3 Å². The summed E-state index contributed by atoms with van der Waals surface area (Å²) in [6, 6.07) is 7.19. The van der Waals surface area contributed by atoms with Gasteiger partial charge in [-0.05, 0) is 12.1 Å². The van der Waals surface area contributed by atoms with E-state index in [1.807, 2.05) is 29.2 Å². The molecule has 0 spiro atoms. The molecule has 9 heteroatoms. The van der Waals surface area contributed by atoms with Crippen LogP contribution < -0.4 is 5.73 Å². The number of aliphatic hydroxyl groups is 1. The maximum atomic E-state index is 12.7. The number of piperazine rings is 1. The zero-order valence-corrected chi connectivity index (χ0v) is 16.4. The number of hydrogen-bond acceptors (Lipinski definition) is 7. The third kappa shape index (κ3) is 5.26. The summed E-state index contributed by atoms with van der Waals surface area (Å²) in [5.41, 5.74) is 6.47. The van der Waals surface area contributed by atoms with Gasteiger partial charge in [0, 0.05) is 32.6 Å². The number of thiazole rings is 1. The molecule has 1 aliphatic heterocycles. The van der Waals surface area contributed by atoms with Gasteiger partial charge in [0.15, 0.2) is 0 Å². The molecule has 1 atom stereocenters. The molecule has 1 aromatic heterocycles. The summed E-state index contributed by atoms with van der Waals surface area (Å²) in [5, 5.41) is 9.60. The lowest BCUT2D eigenvalue weighted by Crippen LogP contribution is -2.60. The van der Waals surface area contributed by atoms with Crippen LogP contribution in [0.15, 0.2) is 24.3 Å². The van der Waals surface area contributed by atoms with Gasteiger partial charge in [-0.25, -0.2) is 4.98 Å². The standard InChI is InChI=1S/C19H25N4O4S/c20-19(26)15-13-22(9-11-27-12-10-24)7-8-23(15)18(25)6-5-17-21-14-3-1-2-4-16(14)28-17/h1-4,6,15,24H,5,7-13H2,(H2,20,26). The fraction of sp³-hybridized carbons (Fsp3) is 0.474. The van der Waals surface area contributed by atoms with E-state index >= 15 is 0 Å². The molecule has 0 saturated carbocycles. The van der Waals surface area contributed by atoms with Crippen LogP contribution in [-0.2, 0) is 20.7 Å². The van der Waals surface area contributed by atoms with E-state index in [4.69, 9.17) is 15.6 Å². The maximum absolute atomic E-state index is 12.7. The smallest absolute Gasteiger partial charge is 0.241 e. The molecule has 2 aromatic rings. The maximum Gasteiger partial charge on any atom is 0.241 e. The molecule has 0 bridgehead atoms. The lowest BCUT2D eigenvalue weighted by Gasteiger charge is -2.39. The van der Waals surface area contributed by atoms with Crippen LogP contribution in [0.2, 0.25) is 0 Å². The zero-order valence-electron chi connectivity index (χ0n) is 15.6. The fourth-order valence-corrected chi connectivity index (χ4v) is 4.14. The number of para-hydroxylation sites is 1. The molecular weight excluding hydrogens is 380 g/mol. The molecule has 1 aromatic carbocycles. The van der Waals surface area contributed by atoms with E-state index in [-0.39, 0.29) is 12.5 Å². The second-order valence-corrected chi connectivity index (χ2v) is 7.69. The van der Waals surface area contributed by atoms with Crippen molar-refractivity contribution in [2.45, 2.75) is 12.5 Å². The number of aromatic nitrogens is 1. The Labute approximate surface area is 167 Å². The van der Waals surface area contributed by atoms with Gasteiger partial charge in [0.05, 0.1) is 41.5 Å². The van der Waals surface area contributed by atoms with E-state index in [1.54, 1.807) is 22.7 Å². The number of amides is 2. The number of carbonyl (C=O) groups excluding carboxylic acids is 2. The molecular formula is C19H25N4O4S. The SMILES string of the molecule is NC(=O)C1CN(CCOCCO)CCN1C(=O)[CH]Cc1nc2ccccc2s1. The summed E-state index contributed by atoms with van der Waals surface area (Å²) in [6.07, 6.45) is 2.01. The average molecular weight is 406 g/mol. The van der Waals surface area contributed by atoms with Crippen LogP contribution >= 0.6 is 11.3 Å². The van der Waals surface area contributed by atoms with E-state index in [9.17, 15) is 9.59 Å². The van der Waals surface area contributed by atoms with Crippen molar-refractivity contribution < 1.29 is 19.4 Å². The van der Waals surface area contributed by atoms with Crippen molar-refractivity contribution in [2.24, 2.45) is 5.73 Å². The number of ether oxygens (including phenoxy) is 1. The Bertz CT molecular complexity index is 779. The molecule has 2 amide bonds. The summed E-state index contributed by atoms with van der Waals surface area (Å²) >= 11 is 1.56. The Hall–Kier alpha value is -2.07. The summed E-state index contributed by atoms with van der Waals surface area (Å²) in [6.45, 7) is 2.83. The Morgan fingerprint density at radius 3 is 2.89 bits per heavy atom. The second-order valence-electron chi connectivity index (χ2n) is 6.57. The van der Waals surface area contributed by atoms with Gasteiger partial charge in [-0.2, -0.15) is 0 Å². The van der Waals surface area contributed by atoms with Crippen LogP contribution in [0.4, 0.5) is 0 Å². The topological polar surface area (TPSA) is 109 Å². The number of aliphatic hydroxyl groups excluding tert-OH is 1. The lowest BCUT2D eigenvalue weighted by molar-refractivity contribution is -0.140. The Morgan fingerprint density at radius 2 is 2.14 bits per heavy atom. The number of fused-ring (bicyclic) bond motifs is 1. The molecule has 1 saturated heterocycles. The van der Waals surface area contributed by atoms with Gasteiger partial charge in [0.25, 0.3) is 0 Å². The van der Waals surface area contributed by atoms with Gasteiger partial charge in [-0.3, -0.25) is 14.5 Å². The van der Waals surface area contributed by atoms with Crippen LogP contribution in [0.5, 0.6) is 0 Å². The van der Waals surface area contributed by atoms with Crippen molar-refractivity contribution in [3.63, 3.8) is 0 Å². The molecule has 1 radical (unpaired) electrons. The number of nitrogens with two attached hydrogens (primary N) is 1. The third-order valence-electron chi connectivity index (χ3n) is 4.65. The van der Waals surface area contributed by atoms with Crippen molar-refractivity contribution in [3.8, 4) is 0 Å². The predicted octanol–water partition coefficient (Wildman–Crippen LogP) is 0.0501. The van der Waals surface area contributed by atoms with E-state index in [0.717, 1.165) is 15.2 Å². The number of nitrogens with zero attached hydrogens (tertiary/aromatic N) is 3. The molecule has 0 aliphatic carbocycles. The summed E-state index contributed by atoms with van der Waals surface area (Å²) in [5.74, 6) is -0.707. The lowest BCUT2D eigenvalue weighted by atomic mass is 10.1. The number of carbonyl (C=O) groups is 2. The number of primary amides is 1. The van der Waals surface area contributed by atoms with Crippen molar-refractivity contribution in [2.75, 3.05) is 46.0 Å². The molecule has 3 rings (SSSR count). The van der Waals surface area contributed by atoms with Gasteiger partial charge in [0.1, 0.15) is 6.04 Å². The minimum atomic E-state index is -0.661. The van der Waals surface area contributed by atoms with E-state index < -0.39 is 11.9 Å². The first-order chi connectivity index (χ1) is 13.6. The third-order valence-corrected chi connectivity index (χ3v) is 5.71. The molecule has 151 valence electrons. The minimum absolute atomic E-state index is 0.0172. The minimum Gasteiger partial charge on any atom is -0.394 e. The normalized spacial score (nSPS) is 17.9. The summed E-state index contributed by atoms with van der Waals surface area (Å²) in [4.78, 5) is 32.7. The Kier molecular flexibility index (Phi) is 7.32. The van der Waals surface area contributed by atoms with E-state index in [0.29, 0.717) is 45.8 Å². The van der Waals surface area contributed by atoms with Gasteiger partial charge < -0.3 is 20.5 Å². The first kappa shape index (κ1) is 20.7. The zero-order chi connectivity index (χ0) is 19.9. The van der Waals surface area contributed by atoms with Crippen LogP contribution in [-0.4, -0.2) is 83.7 Å². The number of benzene rings is 1. The van der Waals surface area contributed by atoms with Crippen molar-refractivity contribution in [1.29, 1.82) is 0 Å². The van der Waals surface area contributed by atoms with Crippen molar-refractivity contribution >= 4 is 33.4 Å². The van der Waals surface area contributed by atoms with Crippen LogP contribution in [0, 0.1) is 6.42 Å².